The minimum atomic E-state index is 0.401. The molecule has 65 valence electrons. The number of unbranched alkanes of at least 4 members (excludes halogenated alkanes) is 2. The molecule has 11 heavy (non-hydrogen) atoms. The van der Waals surface area contributed by atoms with E-state index in [0.717, 1.165) is 12.8 Å². The number of rotatable bonds is 6. The Morgan fingerprint density at radius 2 is 1.82 bits per heavy atom. The van der Waals surface area contributed by atoms with Crippen LogP contribution in [0.3, 0.4) is 0 Å². The Labute approximate surface area is 70.2 Å². The molecule has 0 amide bonds. The fraction of sp³-hybridized carbons (Fsp3) is 0.800. The van der Waals surface area contributed by atoms with E-state index in [-0.39, 0.29) is 0 Å². The molecular formula is C10H19O. The molecule has 1 nitrogen and oxygen atoms in total. The van der Waals surface area contributed by atoms with Crippen LogP contribution in [0.2, 0.25) is 0 Å². The minimum absolute atomic E-state index is 0.401. The highest BCUT2D eigenvalue weighted by Crippen LogP contribution is 2.08. The molecule has 0 aromatic rings. The minimum Gasteiger partial charge on any atom is -0.300 e. The van der Waals surface area contributed by atoms with Gasteiger partial charge in [0.1, 0.15) is 5.78 Å². The topological polar surface area (TPSA) is 17.1 Å². The van der Waals surface area contributed by atoms with Crippen molar-refractivity contribution in [2.45, 2.75) is 52.9 Å². The van der Waals surface area contributed by atoms with Crippen LogP contribution in [0.25, 0.3) is 0 Å². The molecule has 0 rings (SSSR count). The highest BCUT2D eigenvalue weighted by molar-refractivity contribution is 5.79. The van der Waals surface area contributed by atoms with Gasteiger partial charge < -0.3 is 0 Å². The Bertz CT molecular complexity index is 105. The molecule has 0 aliphatic carbocycles. The first-order valence-corrected chi connectivity index (χ1v) is 4.47. The Hall–Kier alpha value is -0.330. The molecule has 0 saturated carbocycles. The Morgan fingerprint density at radius 1 is 1.18 bits per heavy atom. The van der Waals surface area contributed by atoms with Crippen molar-refractivity contribution in [1.29, 1.82) is 0 Å². The van der Waals surface area contributed by atoms with Crippen LogP contribution in [0, 0.1) is 5.92 Å². The average molecular weight is 155 g/mol. The number of Topliss-reactive ketones (excluding diaryl/α,β-unsaturated/α-hetero) is 1. The molecule has 0 fully saturated rings. The molecule has 0 unspecified atom stereocenters. The Morgan fingerprint density at radius 3 is 2.27 bits per heavy atom. The molecular weight excluding hydrogens is 136 g/mol. The summed E-state index contributed by atoms with van der Waals surface area (Å²) < 4.78 is 0. The summed E-state index contributed by atoms with van der Waals surface area (Å²) in [7, 11) is 0. The van der Waals surface area contributed by atoms with Gasteiger partial charge >= 0.3 is 0 Å². The predicted octanol–water partition coefficient (Wildman–Crippen LogP) is 3.14. The Balaban J connectivity index is 3.23. The van der Waals surface area contributed by atoms with Gasteiger partial charge in [0.05, 0.1) is 0 Å². The van der Waals surface area contributed by atoms with Gasteiger partial charge in [-0.25, -0.2) is 0 Å². The van der Waals surface area contributed by atoms with Crippen molar-refractivity contribution >= 4 is 5.78 Å². The van der Waals surface area contributed by atoms with Crippen molar-refractivity contribution in [3.63, 3.8) is 0 Å². The second-order valence-electron chi connectivity index (χ2n) is 3.38. The molecule has 0 bridgehead atoms. The quantitative estimate of drug-likeness (QED) is 0.538. The highest BCUT2D eigenvalue weighted by atomic mass is 16.1. The van der Waals surface area contributed by atoms with Crippen LogP contribution in [-0.4, -0.2) is 5.78 Å². The smallest absolute Gasteiger partial charge is 0.133 e. The first kappa shape index (κ1) is 10.7. The van der Waals surface area contributed by atoms with E-state index in [4.69, 9.17) is 0 Å². The number of carbonyl (C=O) groups excluding carboxylic acids is 1. The zero-order valence-corrected chi connectivity index (χ0v) is 7.94. The lowest BCUT2D eigenvalue weighted by molar-refractivity contribution is -0.118. The van der Waals surface area contributed by atoms with Gasteiger partial charge in [0.25, 0.3) is 0 Å². The van der Waals surface area contributed by atoms with Gasteiger partial charge in [-0.2, -0.15) is 0 Å². The first-order chi connectivity index (χ1) is 5.16. The summed E-state index contributed by atoms with van der Waals surface area (Å²) >= 11 is 0. The van der Waals surface area contributed by atoms with Crippen LogP contribution >= 0.6 is 0 Å². The maximum Gasteiger partial charge on any atom is 0.133 e. The monoisotopic (exact) mass is 155 g/mol. The summed E-state index contributed by atoms with van der Waals surface area (Å²) in [4.78, 5) is 11.1. The van der Waals surface area contributed by atoms with Gasteiger partial charge in [-0.3, -0.25) is 4.79 Å². The van der Waals surface area contributed by atoms with Gasteiger partial charge in [0.15, 0.2) is 0 Å². The lowest BCUT2D eigenvalue weighted by atomic mass is 10.0. The molecule has 0 aromatic carbocycles. The van der Waals surface area contributed by atoms with Crippen LogP contribution in [0.4, 0.5) is 0 Å². The summed E-state index contributed by atoms with van der Waals surface area (Å²) in [5.41, 5.74) is 0. The third-order valence-electron chi connectivity index (χ3n) is 1.61. The van der Waals surface area contributed by atoms with E-state index < -0.39 is 0 Å². The van der Waals surface area contributed by atoms with E-state index in [2.05, 4.69) is 6.92 Å². The summed E-state index contributed by atoms with van der Waals surface area (Å²) in [5, 5.41) is 0. The molecule has 0 N–H and O–H groups in total. The standard InChI is InChI=1S/C10H19O/c1-4-5-6-7-10(11)8-9(2)3/h4-8H2,1-3H3. The van der Waals surface area contributed by atoms with Crippen molar-refractivity contribution in [2.75, 3.05) is 0 Å². The number of hydrogen-bond donors (Lipinski definition) is 0. The average Bonchev–Trinajstić information content (AvgIpc) is 1.86. The van der Waals surface area contributed by atoms with E-state index in [0.29, 0.717) is 12.2 Å². The summed E-state index contributed by atoms with van der Waals surface area (Å²) in [6, 6.07) is 0. The fourth-order valence-electron chi connectivity index (χ4n) is 1.05. The number of ketones is 1. The van der Waals surface area contributed by atoms with E-state index in [1.54, 1.807) is 0 Å². The van der Waals surface area contributed by atoms with Crippen LogP contribution in [0.1, 0.15) is 52.9 Å². The first-order valence-electron chi connectivity index (χ1n) is 4.47. The van der Waals surface area contributed by atoms with Gasteiger partial charge in [-0.1, -0.05) is 33.6 Å². The second kappa shape index (κ2) is 6.38. The van der Waals surface area contributed by atoms with E-state index in [9.17, 15) is 4.79 Å². The predicted molar refractivity (Wildman–Crippen MR) is 48.4 cm³/mol. The van der Waals surface area contributed by atoms with Gasteiger partial charge in [0.2, 0.25) is 0 Å². The maximum atomic E-state index is 11.1. The molecule has 0 aliphatic heterocycles. The molecule has 0 heterocycles. The molecule has 0 spiro atoms. The lowest BCUT2D eigenvalue weighted by Crippen LogP contribution is -2.00. The fourth-order valence-corrected chi connectivity index (χ4v) is 1.05. The van der Waals surface area contributed by atoms with E-state index in [1.807, 2.05) is 13.8 Å². The molecule has 1 radical (unpaired) electrons. The van der Waals surface area contributed by atoms with Crippen LogP contribution in [-0.2, 0) is 4.79 Å². The number of carbonyl (C=O) groups is 1. The third kappa shape index (κ3) is 7.57. The molecule has 0 atom stereocenters. The van der Waals surface area contributed by atoms with Gasteiger partial charge in [-0.15, -0.1) is 0 Å². The van der Waals surface area contributed by atoms with Crippen molar-refractivity contribution in [1.82, 2.24) is 0 Å². The lowest BCUT2D eigenvalue weighted by Gasteiger charge is -2.01. The zero-order valence-electron chi connectivity index (χ0n) is 7.94. The van der Waals surface area contributed by atoms with E-state index >= 15 is 0 Å². The van der Waals surface area contributed by atoms with Gasteiger partial charge in [0, 0.05) is 12.8 Å². The van der Waals surface area contributed by atoms with Crippen molar-refractivity contribution < 1.29 is 4.79 Å². The number of hydrogen-bond acceptors (Lipinski definition) is 1. The summed E-state index contributed by atoms with van der Waals surface area (Å²) in [6.07, 6.45) is 4.92. The van der Waals surface area contributed by atoms with Crippen LogP contribution in [0.5, 0.6) is 0 Å². The highest BCUT2D eigenvalue weighted by Gasteiger charge is 2.03. The van der Waals surface area contributed by atoms with Crippen molar-refractivity contribution in [3.05, 3.63) is 5.92 Å². The molecule has 1 heteroatoms. The SMILES string of the molecule is CCCCCC(=O)C[C](C)C. The molecule has 0 saturated heterocycles. The normalized spacial score (nSPS) is 10.5. The maximum absolute atomic E-state index is 11.1. The third-order valence-corrected chi connectivity index (χ3v) is 1.61. The summed E-state index contributed by atoms with van der Waals surface area (Å²) in [6.45, 7) is 6.18. The zero-order chi connectivity index (χ0) is 8.69. The second-order valence-corrected chi connectivity index (χ2v) is 3.38. The van der Waals surface area contributed by atoms with Crippen LogP contribution < -0.4 is 0 Å². The largest absolute Gasteiger partial charge is 0.300 e. The van der Waals surface area contributed by atoms with Crippen molar-refractivity contribution in [2.24, 2.45) is 0 Å². The van der Waals surface area contributed by atoms with E-state index in [1.165, 1.54) is 18.8 Å². The molecule has 0 aromatic heterocycles. The van der Waals surface area contributed by atoms with Crippen molar-refractivity contribution in [3.8, 4) is 0 Å². The molecule has 0 aliphatic rings. The van der Waals surface area contributed by atoms with Crippen LogP contribution in [0.15, 0.2) is 0 Å². The Kier molecular flexibility index (Phi) is 6.19. The van der Waals surface area contributed by atoms with Gasteiger partial charge in [-0.05, 0) is 12.3 Å². The summed E-state index contributed by atoms with van der Waals surface area (Å²) in [5.74, 6) is 1.63.